The van der Waals surface area contributed by atoms with Crippen molar-refractivity contribution >= 4 is 5.69 Å². The second-order valence-electron chi connectivity index (χ2n) is 3.58. The monoisotopic (exact) mass is 197 g/mol. The number of nitrogen functional groups attached to an aromatic ring is 1. The number of ether oxygens (including phenoxy) is 1. The second kappa shape index (κ2) is 3.89. The molecule has 5 heteroatoms. The van der Waals surface area contributed by atoms with Crippen molar-refractivity contribution in [3.8, 4) is 0 Å². The first-order valence-corrected chi connectivity index (χ1v) is 4.36. The molecule has 0 saturated carbocycles. The fraction of sp³-hybridized carbons (Fsp3) is 0.556. The number of rotatable bonds is 3. The zero-order chi connectivity index (χ0) is 10.8. The van der Waals surface area contributed by atoms with Crippen LogP contribution in [0.1, 0.15) is 32.7 Å². The van der Waals surface area contributed by atoms with Gasteiger partial charge in [0.2, 0.25) is 0 Å². The van der Waals surface area contributed by atoms with Crippen molar-refractivity contribution in [2.75, 3.05) is 5.73 Å². The molecule has 0 unspecified atom stereocenters. The molecule has 0 spiro atoms. The van der Waals surface area contributed by atoms with Gasteiger partial charge in [-0.25, -0.2) is 9.97 Å². The fourth-order valence-corrected chi connectivity index (χ4v) is 1.04. The predicted molar refractivity (Wildman–Crippen MR) is 52.2 cm³/mol. The first-order valence-electron chi connectivity index (χ1n) is 4.36. The van der Waals surface area contributed by atoms with Crippen molar-refractivity contribution < 1.29 is 9.84 Å². The van der Waals surface area contributed by atoms with E-state index in [0.717, 1.165) is 0 Å². The standard InChI is InChI=1S/C9H15N3O2/c1-6(14-9(2,3)13)8-11-4-7(10)5-12-8/h4-6,13H,10H2,1-3H3/t6-/m1/s1. The van der Waals surface area contributed by atoms with Crippen LogP contribution < -0.4 is 5.73 Å². The van der Waals surface area contributed by atoms with E-state index >= 15 is 0 Å². The van der Waals surface area contributed by atoms with Crippen LogP contribution in [0.15, 0.2) is 12.4 Å². The molecule has 1 heterocycles. The van der Waals surface area contributed by atoms with Crippen LogP contribution in [0.2, 0.25) is 0 Å². The summed E-state index contributed by atoms with van der Waals surface area (Å²) in [5.74, 6) is -0.689. The maximum Gasteiger partial charge on any atom is 0.160 e. The number of nitrogens with two attached hydrogens (primary N) is 1. The summed E-state index contributed by atoms with van der Waals surface area (Å²) in [7, 11) is 0. The average Bonchev–Trinajstić information content (AvgIpc) is 2.02. The van der Waals surface area contributed by atoms with Gasteiger partial charge >= 0.3 is 0 Å². The Morgan fingerprint density at radius 1 is 1.43 bits per heavy atom. The van der Waals surface area contributed by atoms with Crippen LogP contribution in [-0.2, 0) is 4.74 Å². The lowest BCUT2D eigenvalue weighted by Crippen LogP contribution is -2.25. The van der Waals surface area contributed by atoms with Crippen LogP contribution in [0.3, 0.4) is 0 Å². The van der Waals surface area contributed by atoms with E-state index in [1.54, 1.807) is 20.8 Å². The molecule has 0 saturated heterocycles. The highest BCUT2D eigenvalue weighted by Gasteiger charge is 2.19. The number of aliphatic hydroxyl groups is 1. The topological polar surface area (TPSA) is 81.3 Å². The van der Waals surface area contributed by atoms with Crippen LogP contribution in [-0.4, -0.2) is 20.9 Å². The van der Waals surface area contributed by atoms with Gasteiger partial charge in [-0.15, -0.1) is 0 Å². The van der Waals surface area contributed by atoms with Gasteiger partial charge in [-0.3, -0.25) is 0 Å². The Labute approximate surface area is 82.9 Å². The molecule has 0 aliphatic rings. The lowest BCUT2D eigenvalue weighted by Gasteiger charge is -2.22. The molecule has 0 radical (unpaired) electrons. The molecule has 14 heavy (non-hydrogen) atoms. The highest BCUT2D eigenvalue weighted by molar-refractivity contribution is 5.30. The van der Waals surface area contributed by atoms with Gasteiger partial charge in [0.05, 0.1) is 18.1 Å². The quantitative estimate of drug-likeness (QED) is 0.702. The van der Waals surface area contributed by atoms with E-state index in [1.807, 2.05) is 0 Å². The first kappa shape index (κ1) is 10.9. The largest absolute Gasteiger partial charge is 0.396 e. The summed E-state index contributed by atoms with van der Waals surface area (Å²) in [5.41, 5.74) is 5.94. The molecule has 0 aromatic carbocycles. The van der Waals surface area contributed by atoms with Crippen molar-refractivity contribution in [1.82, 2.24) is 9.97 Å². The molecule has 0 aliphatic heterocycles. The van der Waals surface area contributed by atoms with Crippen LogP contribution >= 0.6 is 0 Å². The molecule has 1 aromatic heterocycles. The number of aromatic nitrogens is 2. The van der Waals surface area contributed by atoms with Gasteiger partial charge in [-0.2, -0.15) is 0 Å². The van der Waals surface area contributed by atoms with E-state index in [-0.39, 0.29) is 6.10 Å². The highest BCUT2D eigenvalue weighted by Crippen LogP contribution is 2.18. The fourth-order valence-electron chi connectivity index (χ4n) is 1.04. The summed E-state index contributed by atoms with van der Waals surface area (Å²) in [6.07, 6.45) is 2.65. The summed E-state index contributed by atoms with van der Waals surface area (Å²) in [5, 5.41) is 9.40. The van der Waals surface area contributed by atoms with E-state index in [0.29, 0.717) is 11.5 Å². The van der Waals surface area contributed by atoms with Gasteiger partial charge < -0.3 is 15.6 Å². The number of anilines is 1. The highest BCUT2D eigenvalue weighted by atomic mass is 16.6. The molecule has 0 bridgehead atoms. The number of nitrogens with zero attached hydrogens (tertiary/aromatic N) is 2. The molecule has 1 atom stereocenters. The van der Waals surface area contributed by atoms with Crippen molar-refractivity contribution in [3.63, 3.8) is 0 Å². The Bertz CT molecular complexity index is 292. The first-order chi connectivity index (χ1) is 6.38. The molecule has 0 amide bonds. The normalized spacial score (nSPS) is 14.0. The van der Waals surface area contributed by atoms with E-state index in [2.05, 4.69) is 9.97 Å². The SMILES string of the molecule is C[C@@H](OC(C)(C)O)c1ncc(N)cn1. The third-order valence-corrected chi connectivity index (χ3v) is 1.52. The summed E-state index contributed by atoms with van der Waals surface area (Å²) in [6, 6.07) is 0. The lowest BCUT2D eigenvalue weighted by molar-refractivity contribution is -0.205. The molecule has 78 valence electrons. The molecule has 0 fully saturated rings. The average molecular weight is 197 g/mol. The van der Waals surface area contributed by atoms with Crippen molar-refractivity contribution in [2.45, 2.75) is 32.7 Å². The second-order valence-corrected chi connectivity index (χ2v) is 3.58. The maximum atomic E-state index is 9.40. The Hall–Kier alpha value is -1.20. The van der Waals surface area contributed by atoms with Gasteiger partial charge in [0.1, 0.15) is 6.10 Å². The van der Waals surface area contributed by atoms with Crippen molar-refractivity contribution in [3.05, 3.63) is 18.2 Å². The molecule has 1 rings (SSSR count). The summed E-state index contributed by atoms with van der Waals surface area (Å²) >= 11 is 0. The van der Waals surface area contributed by atoms with Gasteiger partial charge in [0.25, 0.3) is 0 Å². The smallest absolute Gasteiger partial charge is 0.160 e. The minimum Gasteiger partial charge on any atom is -0.396 e. The Morgan fingerprint density at radius 2 is 1.93 bits per heavy atom. The third-order valence-electron chi connectivity index (χ3n) is 1.52. The maximum absolute atomic E-state index is 9.40. The van der Waals surface area contributed by atoms with E-state index in [4.69, 9.17) is 10.5 Å². The van der Waals surface area contributed by atoms with Gasteiger partial charge in [0, 0.05) is 0 Å². The van der Waals surface area contributed by atoms with Gasteiger partial charge in [-0.1, -0.05) is 0 Å². The van der Waals surface area contributed by atoms with E-state index in [9.17, 15) is 5.11 Å². The minimum absolute atomic E-state index is 0.365. The zero-order valence-electron chi connectivity index (χ0n) is 8.56. The lowest BCUT2D eigenvalue weighted by atomic mass is 10.3. The summed E-state index contributed by atoms with van der Waals surface area (Å²) < 4.78 is 5.25. The molecule has 1 aromatic rings. The molecular formula is C9H15N3O2. The van der Waals surface area contributed by atoms with Crippen LogP contribution in [0.4, 0.5) is 5.69 Å². The zero-order valence-corrected chi connectivity index (χ0v) is 8.56. The Kier molecular flexibility index (Phi) is 3.03. The Morgan fingerprint density at radius 3 is 2.36 bits per heavy atom. The van der Waals surface area contributed by atoms with E-state index < -0.39 is 5.79 Å². The summed E-state index contributed by atoms with van der Waals surface area (Å²) in [6.45, 7) is 4.88. The third kappa shape index (κ3) is 3.27. The number of hydrogen-bond acceptors (Lipinski definition) is 5. The van der Waals surface area contributed by atoms with Crippen LogP contribution in [0.5, 0.6) is 0 Å². The van der Waals surface area contributed by atoms with Crippen LogP contribution in [0.25, 0.3) is 0 Å². The Balaban J connectivity index is 2.70. The van der Waals surface area contributed by atoms with E-state index in [1.165, 1.54) is 12.4 Å². The minimum atomic E-state index is -1.19. The molecule has 0 aliphatic carbocycles. The molecular weight excluding hydrogens is 182 g/mol. The van der Waals surface area contributed by atoms with Crippen LogP contribution in [0, 0.1) is 0 Å². The molecule has 5 nitrogen and oxygen atoms in total. The van der Waals surface area contributed by atoms with Crippen molar-refractivity contribution in [1.29, 1.82) is 0 Å². The molecule has 3 N–H and O–H groups in total. The van der Waals surface area contributed by atoms with Gasteiger partial charge in [0.15, 0.2) is 11.6 Å². The predicted octanol–water partition coefficient (Wildman–Crippen LogP) is 0.865. The summed E-state index contributed by atoms with van der Waals surface area (Å²) in [4.78, 5) is 7.98. The van der Waals surface area contributed by atoms with Crippen molar-refractivity contribution in [2.24, 2.45) is 0 Å². The number of hydrogen-bond donors (Lipinski definition) is 2. The van der Waals surface area contributed by atoms with Gasteiger partial charge in [-0.05, 0) is 20.8 Å².